The van der Waals surface area contributed by atoms with Crippen LogP contribution in [0.5, 0.6) is 0 Å². The van der Waals surface area contributed by atoms with Crippen molar-refractivity contribution in [1.29, 1.82) is 0 Å². The Bertz CT molecular complexity index is 787. The Morgan fingerprint density at radius 1 is 1.35 bits per heavy atom. The second-order valence-electron chi connectivity index (χ2n) is 6.10. The van der Waals surface area contributed by atoms with Gasteiger partial charge in [0.1, 0.15) is 0 Å². The van der Waals surface area contributed by atoms with Gasteiger partial charge in [0.05, 0.1) is 17.5 Å². The van der Waals surface area contributed by atoms with Gasteiger partial charge in [0.25, 0.3) is 0 Å². The third-order valence-corrected chi connectivity index (χ3v) is 7.42. The minimum Gasteiger partial charge on any atom is -0.315 e. The molecule has 1 amide bonds. The third kappa shape index (κ3) is 3.17. The molecule has 2 aliphatic rings. The summed E-state index contributed by atoms with van der Waals surface area (Å²) in [5, 5.41) is 0.582. The largest absolute Gasteiger partial charge is 0.315 e. The Morgan fingerprint density at radius 2 is 2.09 bits per heavy atom. The highest BCUT2D eigenvalue weighted by Gasteiger charge is 2.49. The van der Waals surface area contributed by atoms with Gasteiger partial charge in [0.2, 0.25) is 5.91 Å². The van der Waals surface area contributed by atoms with Crippen molar-refractivity contribution in [2.45, 2.75) is 38.5 Å². The van der Waals surface area contributed by atoms with Gasteiger partial charge < -0.3 is 4.90 Å². The average molecular weight is 352 g/mol. The topological polar surface area (TPSA) is 66.8 Å². The van der Waals surface area contributed by atoms with Gasteiger partial charge in [-0.05, 0) is 31.0 Å². The Hall–Kier alpha value is -1.34. The molecule has 2 fully saturated rings. The first kappa shape index (κ1) is 16.5. The summed E-state index contributed by atoms with van der Waals surface area (Å²) in [4.78, 5) is 18.0. The maximum Gasteiger partial charge on any atom is 0.247 e. The first-order valence-electron chi connectivity index (χ1n) is 7.66. The van der Waals surface area contributed by atoms with Crippen LogP contribution in [0.2, 0.25) is 0 Å². The highest BCUT2D eigenvalue weighted by atomic mass is 32.2. The molecule has 0 aliphatic carbocycles. The van der Waals surface area contributed by atoms with E-state index in [4.69, 9.17) is 0 Å². The van der Waals surface area contributed by atoms with E-state index in [2.05, 4.69) is 4.99 Å². The van der Waals surface area contributed by atoms with E-state index in [1.54, 1.807) is 6.92 Å². The number of nitrogens with zero attached hydrogens (tertiary/aromatic N) is 2. The molecule has 0 saturated carbocycles. The fourth-order valence-corrected chi connectivity index (χ4v) is 6.94. The predicted molar refractivity (Wildman–Crippen MR) is 94.9 cm³/mol. The fraction of sp³-hybridized carbons (Fsp3) is 0.500. The highest BCUT2D eigenvalue weighted by Crippen LogP contribution is 2.42. The van der Waals surface area contributed by atoms with E-state index in [1.807, 2.05) is 36.9 Å². The molecule has 3 rings (SSSR count). The summed E-state index contributed by atoms with van der Waals surface area (Å²) in [6, 6.07) is 5.94. The molecule has 124 valence electrons. The van der Waals surface area contributed by atoms with Crippen molar-refractivity contribution in [3.05, 3.63) is 29.3 Å². The molecule has 2 heterocycles. The molecule has 5 nitrogen and oxygen atoms in total. The number of aliphatic imine (C=N–C) groups is 1. The molecule has 0 N–H and O–H groups in total. The van der Waals surface area contributed by atoms with E-state index >= 15 is 0 Å². The summed E-state index contributed by atoms with van der Waals surface area (Å²) in [6.45, 7) is 5.78. The van der Waals surface area contributed by atoms with Crippen molar-refractivity contribution in [2.24, 2.45) is 4.99 Å². The number of hydrogen-bond donors (Lipinski definition) is 0. The maximum absolute atomic E-state index is 12.0. The van der Waals surface area contributed by atoms with E-state index in [0.717, 1.165) is 16.8 Å². The lowest BCUT2D eigenvalue weighted by Gasteiger charge is -2.26. The maximum atomic E-state index is 12.0. The number of aryl methyl sites for hydroxylation is 2. The Kier molecular flexibility index (Phi) is 4.27. The zero-order valence-electron chi connectivity index (χ0n) is 13.4. The number of rotatable bonds is 2. The van der Waals surface area contributed by atoms with Crippen LogP contribution in [0.3, 0.4) is 0 Å². The minimum atomic E-state index is -3.03. The molecule has 7 heteroatoms. The molecule has 2 aliphatic heterocycles. The number of thioether (sulfide) groups is 1. The molecule has 0 radical (unpaired) electrons. The van der Waals surface area contributed by atoms with Crippen LogP contribution < -0.4 is 4.90 Å². The van der Waals surface area contributed by atoms with Crippen LogP contribution in [-0.2, 0) is 14.6 Å². The van der Waals surface area contributed by atoms with Gasteiger partial charge in [-0.3, -0.25) is 4.79 Å². The highest BCUT2D eigenvalue weighted by molar-refractivity contribution is 8.16. The number of sulfone groups is 1. The van der Waals surface area contributed by atoms with Crippen LogP contribution in [0.25, 0.3) is 0 Å². The summed E-state index contributed by atoms with van der Waals surface area (Å²) >= 11 is 1.42. The number of benzene rings is 1. The van der Waals surface area contributed by atoms with Crippen LogP contribution in [-0.4, -0.2) is 42.3 Å². The molecular formula is C16H20N2O3S2. The molecule has 2 atom stereocenters. The number of anilines is 1. The molecule has 2 saturated heterocycles. The van der Waals surface area contributed by atoms with Gasteiger partial charge in [-0.25, -0.2) is 8.42 Å². The Morgan fingerprint density at radius 3 is 2.78 bits per heavy atom. The predicted octanol–water partition coefficient (Wildman–Crippen LogP) is 2.31. The Balaban J connectivity index is 2.08. The van der Waals surface area contributed by atoms with Gasteiger partial charge in [-0.1, -0.05) is 30.8 Å². The quantitative estimate of drug-likeness (QED) is 0.817. The minimum absolute atomic E-state index is 0.0525. The molecule has 23 heavy (non-hydrogen) atoms. The molecule has 0 unspecified atom stereocenters. The van der Waals surface area contributed by atoms with Crippen molar-refractivity contribution >= 4 is 38.4 Å². The van der Waals surface area contributed by atoms with Crippen LogP contribution in [0.1, 0.15) is 24.5 Å². The number of hydrogen-bond acceptors (Lipinski definition) is 4. The third-order valence-electron chi connectivity index (χ3n) is 4.21. The van der Waals surface area contributed by atoms with Gasteiger partial charge in [0, 0.05) is 17.4 Å². The van der Waals surface area contributed by atoms with Crippen molar-refractivity contribution in [3.8, 4) is 0 Å². The van der Waals surface area contributed by atoms with Gasteiger partial charge >= 0.3 is 0 Å². The number of carbonyl (C=O) groups is 1. The van der Waals surface area contributed by atoms with Crippen molar-refractivity contribution in [2.75, 3.05) is 16.4 Å². The summed E-state index contributed by atoms with van der Waals surface area (Å²) in [5.74, 6) is 0.103. The number of fused-ring (bicyclic) bond motifs is 1. The Labute approximate surface area is 141 Å². The second kappa shape index (κ2) is 5.94. The molecule has 0 bridgehead atoms. The van der Waals surface area contributed by atoms with Crippen LogP contribution in [0.15, 0.2) is 23.2 Å². The van der Waals surface area contributed by atoms with E-state index in [-0.39, 0.29) is 28.7 Å². The lowest BCUT2D eigenvalue weighted by Crippen LogP contribution is -2.38. The number of amides is 1. The molecule has 1 aromatic rings. The summed E-state index contributed by atoms with van der Waals surface area (Å²) in [6.07, 6.45) is 0.346. The van der Waals surface area contributed by atoms with Gasteiger partial charge in [-0.15, -0.1) is 0 Å². The first-order valence-corrected chi connectivity index (χ1v) is 10.4. The van der Waals surface area contributed by atoms with E-state index < -0.39 is 9.84 Å². The summed E-state index contributed by atoms with van der Waals surface area (Å²) in [7, 11) is -3.03. The van der Waals surface area contributed by atoms with Crippen molar-refractivity contribution in [1.82, 2.24) is 0 Å². The van der Waals surface area contributed by atoms with Crippen LogP contribution in [0.4, 0.5) is 5.69 Å². The van der Waals surface area contributed by atoms with Crippen molar-refractivity contribution < 1.29 is 13.2 Å². The zero-order valence-corrected chi connectivity index (χ0v) is 15.1. The van der Waals surface area contributed by atoms with Gasteiger partial charge in [0.15, 0.2) is 15.0 Å². The smallest absolute Gasteiger partial charge is 0.247 e. The molecule has 0 spiro atoms. The zero-order chi connectivity index (χ0) is 16.8. The molecule has 0 aromatic heterocycles. The normalized spacial score (nSPS) is 27.4. The lowest BCUT2D eigenvalue weighted by atomic mass is 10.1. The van der Waals surface area contributed by atoms with E-state index in [0.29, 0.717) is 11.6 Å². The molecular weight excluding hydrogens is 332 g/mol. The van der Waals surface area contributed by atoms with Gasteiger partial charge in [-0.2, -0.15) is 4.99 Å². The monoisotopic (exact) mass is 352 g/mol. The van der Waals surface area contributed by atoms with Crippen LogP contribution >= 0.6 is 11.8 Å². The number of carbonyl (C=O) groups excluding carboxylic acids is 1. The lowest BCUT2D eigenvalue weighted by molar-refractivity contribution is -0.117. The SMILES string of the molecule is CCC(=O)N=C1S[C@@H]2CS(=O)(=O)C[C@@H]2N1c1cc(C)ccc1C. The standard InChI is InChI=1S/C16H20N2O3S2/c1-4-15(19)17-16-18(12-7-10(2)5-6-11(12)3)13-8-23(20,21)9-14(13)22-16/h5-7,13-14H,4,8-9H2,1-3H3/t13-,14+/m0/s1. The second-order valence-corrected chi connectivity index (χ2v) is 9.46. The van der Waals surface area contributed by atoms with Crippen LogP contribution in [0, 0.1) is 13.8 Å². The summed E-state index contributed by atoms with van der Waals surface area (Å²) in [5.41, 5.74) is 3.10. The molecule has 1 aromatic carbocycles. The average Bonchev–Trinajstić information content (AvgIpc) is 2.92. The summed E-state index contributed by atoms with van der Waals surface area (Å²) < 4.78 is 24.0. The van der Waals surface area contributed by atoms with Crippen molar-refractivity contribution in [3.63, 3.8) is 0 Å². The van der Waals surface area contributed by atoms with E-state index in [9.17, 15) is 13.2 Å². The number of amidine groups is 1. The fourth-order valence-electron chi connectivity index (χ4n) is 3.01. The first-order chi connectivity index (χ1) is 10.8. The van der Waals surface area contributed by atoms with E-state index in [1.165, 1.54) is 11.8 Å².